The highest BCUT2D eigenvalue weighted by molar-refractivity contribution is 6.30. The molecule has 0 heterocycles. The topological polar surface area (TPSA) is 20.2 Å². The second kappa shape index (κ2) is 3.25. The summed E-state index contributed by atoms with van der Waals surface area (Å²) in [6, 6.07) is 5.72. The molecule has 0 radical (unpaired) electrons. The van der Waals surface area contributed by atoms with E-state index in [0.717, 1.165) is 29.0 Å². The minimum absolute atomic E-state index is 0.433. The van der Waals surface area contributed by atoms with Crippen LogP contribution in [-0.2, 0) is 5.60 Å². The molecule has 1 aromatic rings. The van der Waals surface area contributed by atoms with E-state index in [4.69, 9.17) is 11.6 Å². The van der Waals surface area contributed by atoms with E-state index in [1.165, 1.54) is 0 Å². The zero-order valence-electron chi connectivity index (χ0n) is 8.55. The predicted octanol–water partition coefficient (Wildman–Crippen LogP) is 3.27. The molecule has 1 aliphatic rings. The molecule has 1 saturated carbocycles. The Labute approximate surface area is 89.7 Å². The van der Waals surface area contributed by atoms with Crippen molar-refractivity contribution in [3.8, 4) is 0 Å². The molecule has 2 rings (SSSR count). The quantitative estimate of drug-likeness (QED) is 0.795. The molecule has 1 aromatic carbocycles. The fourth-order valence-electron chi connectivity index (χ4n) is 2.24. The van der Waals surface area contributed by atoms with E-state index in [0.29, 0.717) is 5.92 Å². The van der Waals surface area contributed by atoms with Crippen LogP contribution in [0.25, 0.3) is 0 Å². The monoisotopic (exact) mass is 210 g/mol. The molecular weight excluding hydrogens is 196 g/mol. The van der Waals surface area contributed by atoms with Gasteiger partial charge in [-0.15, -0.1) is 0 Å². The van der Waals surface area contributed by atoms with Crippen LogP contribution in [0.3, 0.4) is 0 Å². The van der Waals surface area contributed by atoms with Gasteiger partial charge in [-0.05, 0) is 42.5 Å². The lowest BCUT2D eigenvalue weighted by atomic mass is 9.99. The molecule has 0 spiro atoms. The molecule has 1 N–H and O–H groups in total. The summed E-state index contributed by atoms with van der Waals surface area (Å²) in [6.07, 6.45) is 1.94. The van der Waals surface area contributed by atoms with Crippen LogP contribution in [0.4, 0.5) is 0 Å². The molecule has 2 atom stereocenters. The Bertz CT molecular complexity index is 361. The summed E-state index contributed by atoms with van der Waals surface area (Å²) in [5.74, 6) is 0.433. The van der Waals surface area contributed by atoms with Crippen molar-refractivity contribution in [3.63, 3.8) is 0 Å². The maximum Gasteiger partial charge on any atom is 0.0932 e. The van der Waals surface area contributed by atoms with Gasteiger partial charge in [-0.1, -0.05) is 31.0 Å². The van der Waals surface area contributed by atoms with Gasteiger partial charge in [0, 0.05) is 5.02 Å². The molecule has 0 aliphatic heterocycles. The van der Waals surface area contributed by atoms with Gasteiger partial charge in [0.1, 0.15) is 0 Å². The standard InChI is InChI=1S/C12H15ClO/c1-3-9-7-12(9,14)11-5-4-10(13)6-8(11)2/h4-6,9,14H,3,7H2,1-2H3. The van der Waals surface area contributed by atoms with Crippen molar-refractivity contribution in [3.05, 3.63) is 34.3 Å². The largest absolute Gasteiger partial charge is 0.385 e. The van der Waals surface area contributed by atoms with Crippen LogP contribution in [0.15, 0.2) is 18.2 Å². The number of aryl methyl sites for hydroxylation is 1. The fraction of sp³-hybridized carbons (Fsp3) is 0.500. The molecule has 1 fully saturated rings. The van der Waals surface area contributed by atoms with Crippen molar-refractivity contribution in [2.24, 2.45) is 5.92 Å². The third-order valence-electron chi connectivity index (χ3n) is 3.22. The summed E-state index contributed by atoms with van der Waals surface area (Å²) in [7, 11) is 0. The number of aliphatic hydroxyl groups is 1. The SMILES string of the molecule is CCC1CC1(O)c1ccc(Cl)cc1C. The molecule has 1 nitrogen and oxygen atoms in total. The van der Waals surface area contributed by atoms with Gasteiger partial charge in [-0.3, -0.25) is 0 Å². The zero-order chi connectivity index (χ0) is 10.3. The van der Waals surface area contributed by atoms with Crippen LogP contribution < -0.4 is 0 Å². The lowest BCUT2D eigenvalue weighted by Crippen LogP contribution is -2.10. The highest BCUT2D eigenvalue weighted by Gasteiger charge is 2.53. The summed E-state index contributed by atoms with van der Waals surface area (Å²) in [5, 5.41) is 11.0. The van der Waals surface area contributed by atoms with E-state index in [1.54, 1.807) is 0 Å². The molecule has 2 unspecified atom stereocenters. The van der Waals surface area contributed by atoms with E-state index < -0.39 is 5.60 Å². The summed E-state index contributed by atoms with van der Waals surface area (Å²) >= 11 is 5.88. The number of benzene rings is 1. The summed E-state index contributed by atoms with van der Waals surface area (Å²) in [4.78, 5) is 0. The molecule has 14 heavy (non-hydrogen) atoms. The van der Waals surface area contributed by atoms with Crippen LogP contribution in [0, 0.1) is 12.8 Å². The number of rotatable bonds is 2. The highest BCUT2D eigenvalue weighted by atomic mass is 35.5. The van der Waals surface area contributed by atoms with Gasteiger partial charge < -0.3 is 5.11 Å². The maximum atomic E-state index is 10.3. The van der Waals surface area contributed by atoms with Crippen molar-refractivity contribution >= 4 is 11.6 Å². The van der Waals surface area contributed by atoms with Gasteiger partial charge in [-0.2, -0.15) is 0 Å². The Morgan fingerprint density at radius 2 is 2.29 bits per heavy atom. The van der Waals surface area contributed by atoms with E-state index in [9.17, 15) is 5.11 Å². The smallest absolute Gasteiger partial charge is 0.0932 e. The van der Waals surface area contributed by atoms with Gasteiger partial charge >= 0.3 is 0 Å². The third-order valence-corrected chi connectivity index (χ3v) is 3.46. The number of hydrogen-bond donors (Lipinski definition) is 1. The van der Waals surface area contributed by atoms with Crippen molar-refractivity contribution in [1.29, 1.82) is 0 Å². The average molecular weight is 211 g/mol. The first-order valence-electron chi connectivity index (χ1n) is 5.07. The van der Waals surface area contributed by atoms with Crippen LogP contribution in [0.5, 0.6) is 0 Å². The van der Waals surface area contributed by atoms with Crippen molar-refractivity contribution in [2.75, 3.05) is 0 Å². The molecule has 0 amide bonds. The maximum absolute atomic E-state index is 10.3. The lowest BCUT2D eigenvalue weighted by molar-refractivity contribution is 0.129. The Hall–Kier alpha value is -0.530. The Kier molecular flexibility index (Phi) is 2.32. The van der Waals surface area contributed by atoms with E-state index in [1.807, 2.05) is 25.1 Å². The molecule has 0 saturated heterocycles. The molecule has 2 heteroatoms. The molecule has 76 valence electrons. The summed E-state index contributed by atoms with van der Waals surface area (Å²) in [6.45, 7) is 4.12. The average Bonchev–Trinajstić information content (AvgIpc) is 2.77. The first-order valence-corrected chi connectivity index (χ1v) is 5.44. The van der Waals surface area contributed by atoms with E-state index >= 15 is 0 Å². The van der Waals surface area contributed by atoms with Crippen molar-refractivity contribution < 1.29 is 5.11 Å². The Morgan fingerprint density at radius 1 is 1.57 bits per heavy atom. The van der Waals surface area contributed by atoms with Crippen molar-refractivity contribution in [1.82, 2.24) is 0 Å². The van der Waals surface area contributed by atoms with Crippen LogP contribution in [-0.4, -0.2) is 5.11 Å². The molecule has 0 aromatic heterocycles. The minimum atomic E-state index is -0.566. The Morgan fingerprint density at radius 3 is 2.79 bits per heavy atom. The van der Waals surface area contributed by atoms with Gasteiger partial charge in [0.2, 0.25) is 0 Å². The zero-order valence-corrected chi connectivity index (χ0v) is 9.30. The Balaban J connectivity index is 2.34. The lowest BCUT2D eigenvalue weighted by Gasteiger charge is -2.13. The first-order chi connectivity index (χ1) is 6.58. The van der Waals surface area contributed by atoms with E-state index in [2.05, 4.69) is 6.92 Å². The predicted molar refractivity (Wildman–Crippen MR) is 58.5 cm³/mol. The number of hydrogen-bond acceptors (Lipinski definition) is 1. The van der Waals surface area contributed by atoms with Gasteiger partial charge in [0.05, 0.1) is 5.60 Å². The third kappa shape index (κ3) is 1.45. The second-order valence-corrected chi connectivity index (χ2v) is 4.63. The van der Waals surface area contributed by atoms with Crippen LogP contribution in [0.2, 0.25) is 5.02 Å². The normalized spacial score (nSPS) is 30.4. The summed E-state index contributed by atoms with van der Waals surface area (Å²) < 4.78 is 0. The fourth-order valence-corrected chi connectivity index (χ4v) is 2.47. The number of halogens is 1. The summed E-state index contributed by atoms with van der Waals surface area (Å²) in [5.41, 5.74) is 1.58. The highest BCUT2D eigenvalue weighted by Crippen LogP contribution is 2.54. The minimum Gasteiger partial charge on any atom is -0.385 e. The van der Waals surface area contributed by atoms with Gasteiger partial charge in [0.25, 0.3) is 0 Å². The van der Waals surface area contributed by atoms with Crippen LogP contribution >= 0.6 is 11.6 Å². The molecule has 1 aliphatic carbocycles. The van der Waals surface area contributed by atoms with Crippen LogP contribution in [0.1, 0.15) is 30.9 Å². The van der Waals surface area contributed by atoms with Crippen molar-refractivity contribution in [2.45, 2.75) is 32.3 Å². The first kappa shape index (κ1) is 10.0. The second-order valence-electron chi connectivity index (χ2n) is 4.19. The van der Waals surface area contributed by atoms with E-state index in [-0.39, 0.29) is 0 Å². The van der Waals surface area contributed by atoms with Gasteiger partial charge in [0.15, 0.2) is 0 Å². The molecular formula is C12H15ClO. The molecule has 0 bridgehead atoms. The van der Waals surface area contributed by atoms with Gasteiger partial charge in [-0.25, -0.2) is 0 Å².